The molecule has 0 spiro atoms. The lowest BCUT2D eigenvalue weighted by atomic mass is 10.0. The number of aryl methyl sites for hydroxylation is 2. The topological polar surface area (TPSA) is 74.9 Å². The molecule has 7 nitrogen and oxygen atoms in total. The molecule has 0 bridgehead atoms. The molecule has 7 heteroatoms. The van der Waals surface area contributed by atoms with Gasteiger partial charge in [0.15, 0.2) is 5.96 Å². The van der Waals surface area contributed by atoms with E-state index in [4.69, 9.17) is 14.3 Å². The van der Waals surface area contributed by atoms with E-state index in [9.17, 15) is 0 Å². The second-order valence-corrected chi connectivity index (χ2v) is 7.70. The van der Waals surface area contributed by atoms with Gasteiger partial charge >= 0.3 is 0 Å². The summed E-state index contributed by atoms with van der Waals surface area (Å²) < 4.78 is 10.9. The summed E-state index contributed by atoms with van der Waals surface area (Å²) in [4.78, 5) is 7.45. The van der Waals surface area contributed by atoms with Crippen LogP contribution in [0, 0.1) is 13.8 Å². The van der Waals surface area contributed by atoms with Crippen molar-refractivity contribution in [2.75, 3.05) is 39.8 Å². The Morgan fingerprint density at radius 3 is 2.67 bits per heavy atom. The Morgan fingerprint density at radius 1 is 1.23 bits per heavy atom. The van der Waals surface area contributed by atoms with Crippen LogP contribution in [0.5, 0.6) is 5.75 Å². The molecule has 1 fully saturated rings. The molecule has 1 aromatic heterocycles. The van der Waals surface area contributed by atoms with E-state index in [2.05, 4.69) is 39.7 Å². The van der Waals surface area contributed by atoms with Gasteiger partial charge in [-0.25, -0.2) is 0 Å². The van der Waals surface area contributed by atoms with Crippen molar-refractivity contribution in [2.45, 2.75) is 46.1 Å². The molecule has 3 rings (SSSR count). The van der Waals surface area contributed by atoms with E-state index in [0.29, 0.717) is 6.54 Å². The number of nitrogens with one attached hydrogen (secondary N) is 2. The SMILES string of the molecule is CCNC(=NCC(c1ccccc1OC)N1CCCC1)NCCc1c(C)noc1C. The molecule has 1 saturated heterocycles. The number of ether oxygens (including phenoxy) is 1. The van der Waals surface area contributed by atoms with E-state index in [1.54, 1.807) is 7.11 Å². The number of guanidine groups is 1. The minimum atomic E-state index is 0.210. The van der Waals surface area contributed by atoms with Crippen LogP contribution in [0.3, 0.4) is 0 Å². The third kappa shape index (κ3) is 5.53. The summed E-state index contributed by atoms with van der Waals surface area (Å²) in [6.45, 7) is 10.5. The zero-order valence-electron chi connectivity index (χ0n) is 18.7. The molecular formula is C23H35N5O2. The molecule has 1 aliphatic rings. The number of rotatable bonds is 9. The van der Waals surface area contributed by atoms with Gasteiger partial charge in [-0.1, -0.05) is 23.4 Å². The molecular weight excluding hydrogens is 378 g/mol. The number of para-hydroxylation sites is 1. The van der Waals surface area contributed by atoms with Gasteiger partial charge in [0, 0.05) is 24.2 Å². The van der Waals surface area contributed by atoms with Crippen LogP contribution in [-0.2, 0) is 6.42 Å². The van der Waals surface area contributed by atoms with Crippen molar-refractivity contribution in [3.8, 4) is 5.75 Å². The van der Waals surface area contributed by atoms with Gasteiger partial charge in [0.1, 0.15) is 11.5 Å². The fourth-order valence-corrected chi connectivity index (χ4v) is 4.09. The number of benzene rings is 1. The Morgan fingerprint density at radius 2 is 2.00 bits per heavy atom. The number of aliphatic imine (C=N–C) groups is 1. The number of aromatic nitrogens is 1. The number of nitrogens with zero attached hydrogens (tertiary/aromatic N) is 3. The second-order valence-electron chi connectivity index (χ2n) is 7.70. The molecule has 0 aliphatic carbocycles. The molecule has 1 atom stereocenters. The molecule has 30 heavy (non-hydrogen) atoms. The summed E-state index contributed by atoms with van der Waals surface area (Å²) in [6, 6.07) is 8.51. The monoisotopic (exact) mass is 413 g/mol. The first-order valence-electron chi connectivity index (χ1n) is 10.9. The van der Waals surface area contributed by atoms with Gasteiger partial charge in [0.25, 0.3) is 0 Å². The molecule has 0 radical (unpaired) electrons. The number of hydrogen-bond acceptors (Lipinski definition) is 5. The van der Waals surface area contributed by atoms with E-state index < -0.39 is 0 Å². The Balaban J connectivity index is 1.70. The van der Waals surface area contributed by atoms with E-state index in [0.717, 1.165) is 55.8 Å². The second kappa shape index (κ2) is 11.0. The Labute approximate surface area is 179 Å². The van der Waals surface area contributed by atoms with Crippen LogP contribution >= 0.6 is 0 Å². The number of methoxy groups -OCH3 is 1. The Kier molecular flexibility index (Phi) is 8.13. The van der Waals surface area contributed by atoms with Gasteiger partial charge in [-0.05, 0) is 59.2 Å². The normalized spacial score (nSPS) is 15.9. The highest BCUT2D eigenvalue weighted by Gasteiger charge is 2.25. The third-order valence-electron chi connectivity index (χ3n) is 5.69. The number of hydrogen-bond donors (Lipinski definition) is 2. The van der Waals surface area contributed by atoms with Crippen molar-refractivity contribution in [1.29, 1.82) is 0 Å². The lowest BCUT2D eigenvalue weighted by Crippen LogP contribution is -2.39. The van der Waals surface area contributed by atoms with Crippen molar-refractivity contribution in [2.24, 2.45) is 4.99 Å². The first-order valence-corrected chi connectivity index (χ1v) is 10.9. The lowest BCUT2D eigenvalue weighted by Gasteiger charge is -2.28. The summed E-state index contributed by atoms with van der Waals surface area (Å²) in [5.41, 5.74) is 3.33. The van der Waals surface area contributed by atoms with Crippen molar-refractivity contribution >= 4 is 5.96 Å². The van der Waals surface area contributed by atoms with Gasteiger partial charge in [-0.15, -0.1) is 0 Å². The molecule has 164 valence electrons. The van der Waals surface area contributed by atoms with Crippen LogP contribution in [0.25, 0.3) is 0 Å². The largest absolute Gasteiger partial charge is 0.496 e. The highest BCUT2D eigenvalue weighted by atomic mass is 16.5. The summed E-state index contributed by atoms with van der Waals surface area (Å²) in [5.74, 6) is 2.66. The molecule has 2 aromatic rings. The molecule has 2 heterocycles. The molecule has 0 amide bonds. The maximum atomic E-state index is 5.65. The molecule has 2 N–H and O–H groups in total. The van der Waals surface area contributed by atoms with Crippen LogP contribution < -0.4 is 15.4 Å². The van der Waals surface area contributed by atoms with Crippen LogP contribution in [0.1, 0.15) is 48.4 Å². The highest BCUT2D eigenvalue weighted by molar-refractivity contribution is 5.79. The highest BCUT2D eigenvalue weighted by Crippen LogP contribution is 2.31. The van der Waals surface area contributed by atoms with E-state index >= 15 is 0 Å². The number of likely N-dealkylation sites (tertiary alicyclic amines) is 1. The van der Waals surface area contributed by atoms with Crippen molar-refractivity contribution in [3.05, 3.63) is 46.8 Å². The van der Waals surface area contributed by atoms with Gasteiger partial charge in [-0.3, -0.25) is 9.89 Å². The lowest BCUT2D eigenvalue weighted by molar-refractivity contribution is 0.245. The predicted octanol–water partition coefficient (Wildman–Crippen LogP) is 3.23. The minimum absolute atomic E-state index is 0.210. The van der Waals surface area contributed by atoms with Crippen molar-refractivity contribution < 1.29 is 9.26 Å². The minimum Gasteiger partial charge on any atom is -0.496 e. The third-order valence-corrected chi connectivity index (χ3v) is 5.69. The molecule has 1 aliphatic heterocycles. The Bertz CT molecular complexity index is 807. The fourth-order valence-electron chi connectivity index (χ4n) is 4.09. The van der Waals surface area contributed by atoms with Gasteiger partial charge in [0.05, 0.1) is 25.4 Å². The average Bonchev–Trinajstić information content (AvgIpc) is 3.40. The van der Waals surface area contributed by atoms with E-state index in [1.807, 2.05) is 26.0 Å². The van der Waals surface area contributed by atoms with E-state index in [-0.39, 0.29) is 6.04 Å². The van der Waals surface area contributed by atoms with Crippen LogP contribution in [0.2, 0.25) is 0 Å². The maximum absolute atomic E-state index is 5.65. The summed E-state index contributed by atoms with van der Waals surface area (Å²) in [7, 11) is 1.74. The van der Waals surface area contributed by atoms with Gasteiger partial charge in [-0.2, -0.15) is 0 Å². The molecule has 1 unspecified atom stereocenters. The standard InChI is InChI=1S/C23H35N5O2/c1-5-24-23(25-13-12-19-17(2)27-30-18(19)3)26-16-21(28-14-8-9-15-28)20-10-6-7-11-22(20)29-4/h6-7,10-11,21H,5,8-9,12-16H2,1-4H3,(H2,24,25,26). The maximum Gasteiger partial charge on any atom is 0.191 e. The summed E-state index contributed by atoms with van der Waals surface area (Å²) >= 11 is 0. The first kappa shape index (κ1) is 22.2. The van der Waals surface area contributed by atoms with E-state index in [1.165, 1.54) is 24.0 Å². The van der Waals surface area contributed by atoms with Gasteiger partial charge < -0.3 is 19.9 Å². The van der Waals surface area contributed by atoms with Gasteiger partial charge in [0.2, 0.25) is 0 Å². The molecule has 0 saturated carbocycles. The van der Waals surface area contributed by atoms with Crippen molar-refractivity contribution in [1.82, 2.24) is 20.7 Å². The zero-order valence-corrected chi connectivity index (χ0v) is 18.7. The smallest absolute Gasteiger partial charge is 0.191 e. The molecule has 1 aromatic carbocycles. The quantitative estimate of drug-likeness (QED) is 0.486. The zero-order chi connectivity index (χ0) is 21.3. The van der Waals surface area contributed by atoms with Crippen LogP contribution in [-0.4, -0.2) is 55.8 Å². The van der Waals surface area contributed by atoms with Crippen LogP contribution in [0.4, 0.5) is 0 Å². The Hall–Kier alpha value is -2.54. The predicted molar refractivity (Wildman–Crippen MR) is 120 cm³/mol. The van der Waals surface area contributed by atoms with Crippen LogP contribution in [0.15, 0.2) is 33.8 Å². The average molecular weight is 414 g/mol. The van der Waals surface area contributed by atoms with Crippen molar-refractivity contribution in [3.63, 3.8) is 0 Å². The summed E-state index contributed by atoms with van der Waals surface area (Å²) in [5, 5.41) is 10.9. The first-order chi connectivity index (χ1) is 14.6. The fraction of sp³-hybridized carbons (Fsp3) is 0.565. The summed E-state index contributed by atoms with van der Waals surface area (Å²) in [6.07, 6.45) is 3.34.